The first-order chi connectivity index (χ1) is 9.72. The van der Waals surface area contributed by atoms with Gasteiger partial charge in [-0.3, -0.25) is 0 Å². The topological polar surface area (TPSA) is 15.7 Å². The molecule has 20 heavy (non-hydrogen) atoms. The van der Waals surface area contributed by atoms with Crippen LogP contribution in [0.3, 0.4) is 0 Å². The molecule has 5 heterocycles. The summed E-state index contributed by atoms with van der Waals surface area (Å²) in [5, 5.41) is 0. The van der Waals surface area contributed by atoms with Crippen molar-refractivity contribution in [3.05, 3.63) is 35.4 Å². The van der Waals surface area contributed by atoms with Gasteiger partial charge in [0.15, 0.2) is 0 Å². The minimum Gasteiger partial charge on any atom is -0.487 e. The summed E-state index contributed by atoms with van der Waals surface area (Å²) in [6.07, 6.45) is 9.52. The lowest BCUT2D eigenvalue weighted by atomic mass is 9.83. The van der Waals surface area contributed by atoms with Crippen molar-refractivity contribution in [2.24, 2.45) is 11.8 Å². The van der Waals surface area contributed by atoms with Crippen LogP contribution in [-0.4, -0.2) is 42.1 Å². The molecular weight excluding hydrogens is 248 g/mol. The zero-order valence-electron chi connectivity index (χ0n) is 12.5. The Morgan fingerprint density at radius 2 is 2.05 bits per heavy atom. The molecule has 3 saturated heterocycles. The van der Waals surface area contributed by atoms with E-state index in [9.17, 15) is 0 Å². The molecule has 0 aliphatic carbocycles. The van der Waals surface area contributed by atoms with Crippen LogP contribution in [0.5, 0.6) is 0 Å². The minimum atomic E-state index is 0.573. The van der Waals surface area contributed by atoms with E-state index in [1.165, 1.54) is 43.6 Å². The maximum atomic E-state index is 5.91. The van der Waals surface area contributed by atoms with Crippen LogP contribution >= 0.6 is 0 Å². The summed E-state index contributed by atoms with van der Waals surface area (Å²) < 4.78 is 5.91. The minimum absolute atomic E-state index is 0.573. The molecule has 2 bridgehead atoms. The second-order valence-corrected chi connectivity index (χ2v) is 6.84. The summed E-state index contributed by atoms with van der Waals surface area (Å²) in [7, 11) is 0. The van der Waals surface area contributed by atoms with Crippen molar-refractivity contribution < 1.29 is 4.74 Å². The van der Waals surface area contributed by atoms with Crippen molar-refractivity contribution in [1.82, 2.24) is 9.80 Å². The van der Waals surface area contributed by atoms with Crippen molar-refractivity contribution in [1.29, 1.82) is 0 Å². The van der Waals surface area contributed by atoms with E-state index in [1.807, 2.05) is 0 Å². The van der Waals surface area contributed by atoms with E-state index in [1.54, 1.807) is 0 Å². The fourth-order valence-electron chi connectivity index (χ4n) is 4.06. The quantitative estimate of drug-likeness (QED) is 0.769. The maximum absolute atomic E-state index is 5.91. The fraction of sp³-hybridized carbons (Fsp3) is 0.647. The number of nitrogens with zero attached hydrogens (tertiary/aromatic N) is 2. The van der Waals surface area contributed by atoms with E-state index in [4.69, 9.17) is 4.74 Å². The third-order valence-corrected chi connectivity index (χ3v) is 5.38. The van der Waals surface area contributed by atoms with Crippen LogP contribution in [0.2, 0.25) is 0 Å². The maximum Gasteiger partial charge on any atom is 0.143 e. The third-order valence-electron chi connectivity index (χ3n) is 5.38. The highest BCUT2D eigenvalue weighted by Crippen LogP contribution is 2.37. The zero-order valence-corrected chi connectivity index (χ0v) is 12.5. The van der Waals surface area contributed by atoms with Gasteiger partial charge >= 0.3 is 0 Å². The van der Waals surface area contributed by atoms with E-state index in [-0.39, 0.29) is 0 Å². The van der Waals surface area contributed by atoms with Gasteiger partial charge < -0.3 is 14.5 Å². The van der Waals surface area contributed by atoms with E-state index in [0.717, 1.165) is 18.3 Å². The second-order valence-electron chi connectivity index (χ2n) is 6.84. The van der Waals surface area contributed by atoms with Gasteiger partial charge in [-0.2, -0.15) is 0 Å². The molecule has 0 N–H and O–H groups in total. The number of ether oxygens (including phenoxy) is 1. The van der Waals surface area contributed by atoms with Crippen molar-refractivity contribution in [3.63, 3.8) is 0 Å². The van der Waals surface area contributed by atoms with E-state index < -0.39 is 0 Å². The number of piperidine rings is 3. The molecular formula is C17H24N2O. The lowest BCUT2D eigenvalue weighted by molar-refractivity contribution is 0.0399. The summed E-state index contributed by atoms with van der Waals surface area (Å²) in [5.74, 6) is 2.52. The van der Waals surface area contributed by atoms with Gasteiger partial charge in [0.25, 0.3) is 0 Å². The molecule has 3 fully saturated rings. The highest BCUT2D eigenvalue weighted by atomic mass is 16.5. The van der Waals surface area contributed by atoms with E-state index >= 15 is 0 Å². The van der Waals surface area contributed by atoms with Crippen LogP contribution in [0.15, 0.2) is 35.4 Å². The van der Waals surface area contributed by atoms with Gasteiger partial charge in [0.05, 0.1) is 0 Å². The number of fused-ring (bicyclic) bond motifs is 4. The van der Waals surface area contributed by atoms with Crippen molar-refractivity contribution in [2.45, 2.75) is 32.7 Å². The molecule has 3 heteroatoms. The van der Waals surface area contributed by atoms with Crippen LogP contribution in [0, 0.1) is 11.8 Å². The van der Waals surface area contributed by atoms with Crippen molar-refractivity contribution in [3.8, 4) is 0 Å². The third kappa shape index (κ3) is 1.91. The van der Waals surface area contributed by atoms with Crippen LogP contribution in [0.4, 0.5) is 0 Å². The Balaban J connectivity index is 1.58. The van der Waals surface area contributed by atoms with Gasteiger partial charge in [0, 0.05) is 30.6 Å². The normalized spacial score (nSPS) is 35.5. The number of allylic oxidation sites excluding steroid dienone is 1. The Bertz CT molecular complexity index is 495. The van der Waals surface area contributed by atoms with Gasteiger partial charge in [-0.1, -0.05) is 13.8 Å². The van der Waals surface area contributed by atoms with Crippen LogP contribution in [-0.2, 0) is 4.74 Å². The predicted octanol–water partition coefficient (Wildman–Crippen LogP) is 2.73. The lowest BCUT2D eigenvalue weighted by Crippen LogP contribution is -2.55. The smallest absolute Gasteiger partial charge is 0.143 e. The molecule has 5 aliphatic rings. The van der Waals surface area contributed by atoms with Crippen molar-refractivity contribution in [2.75, 3.05) is 26.2 Å². The first-order valence-electron chi connectivity index (χ1n) is 7.98. The molecule has 0 unspecified atom stereocenters. The lowest BCUT2D eigenvalue weighted by Gasteiger charge is -2.48. The molecule has 0 amide bonds. The Morgan fingerprint density at radius 3 is 2.70 bits per heavy atom. The average molecular weight is 272 g/mol. The van der Waals surface area contributed by atoms with Gasteiger partial charge in [0.1, 0.15) is 12.4 Å². The Hall–Kier alpha value is -1.22. The number of hydrogen-bond donors (Lipinski definition) is 0. The molecule has 5 aliphatic heterocycles. The molecule has 0 aromatic rings. The molecule has 0 aromatic carbocycles. The number of hydrogen-bond acceptors (Lipinski definition) is 3. The molecule has 1 atom stereocenters. The van der Waals surface area contributed by atoms with Gasteiger partial charge in [-0.15, -0.1) is 0 Å². The standard InChI is InChI=1S/C17H24N2O/c1-12(2)15-11-20-17-10-19(8-5-14(15)17)16-9-18-6-3-13(16)4-7-18/h5,8,10,12-13,16H,3-4,6-7,9,11H2,1-2H3/t16-/m1/s1. The van der Waals surface area contributed by atoms with Gasteiger partial charge in [0.2, 0.25) is 0 Å². The van der Waals surface area contributed by atoms with Gasteiger partial charge in [-0.25, -0.2) is 0 Å². The van der Waals surface area contributed by atoms with E-state index in [0.29, 0.717) is 12.0 Å². The molecule has 5 rings (SSSR count). The van der Waals surface area contributed by atoms with Crippen molar-refractivity contribution >= 4 is 0 Å². The average Bonchev–Trinajstić information content (AvgIpc) is 2.91. The first kappa shape index (κ1) is 12.5. The Morgan fingerprint density at radius 1 is 1.25 bits per heavy atom. The molecule has 0 radical (unpaired) electrons. The summed E-state index contributed by atoms with van der Waals surface area (Å²) in [5.41, 5.74) is 2.78. The highest BCUT2D eigenvalue weighted by Gasteiger charge is 2.37. The largest absolute Gasteiger partial charge is 0.487 e. The molecule has 0 spiro atoms. The monoisotopic (exact) mass is 272 g/mol. The van der Waals surface area contributed by atoms with Crippen LogP contribution in [0.1, 0.15) is 26.7 Å². The summed E-state index contributed by atoms with van der Waals surface area (Å²) in [4.78, 5) is 5.02. The Kier molecular flexibility index (Phi) is 2.92. The number of rotatable bonds is 2. The van der Waals surface area contributed by atoms with E-state index in [2.05, 4.69) is 42.1 Å². The summed E-state index contributed by atoms with van der Waals surface area (Å²) >= 11 is 0. The van der Waals surface area contributed by atoms with Crippen LogP contribution in [0.25, 0.3) is 0 Å². The summed E-state index contributed by atoms with van der Waals surface area (Å²) in [6.45, 7) is 9.10. The zero-order chi connectivity index (χ0) is 13.7. The molecule has 0 aromatic heterocycles. The predicted molar refractivity (Wildman–Crippen MR) is 79.8 cm³/mol. The molecule has 0 saturated carbocycles. The van der Waals surface area contributed by atoms with Crippen LogP contribution < -0.4 is 0 Å². The second kappa shape index (κ2) is 4.66. The fourth-order valence-corrected chi connectivity index (χ4v) is 4.06. The Labute approximate surface area is 121 Å². The van der Waals surface area contributed by atoms with Gasteiger partial charge in [-0.05, 0) is 49.4 Å². The molecule has 3 nitrogen and oxygen atoms in total. The highest BCUT2D eigenvalue weighted by molar-refractivity contribution is 5.47. The summed E-state index contributed by atoms with van der Waals surface area (Å²) in [6, 6.07) is 0.648. The SMILES string of the molecule is CC(C)C1=C2C=CN([C@@H]3CN4CCC3CC4)C=C2OC1. The first-order valence-corrected chi connectivity index (χ1v) is 7.98. The molecule has 108 valence electrons.